The second-order valence-electron chi connectivity index (χ2n) is 6.82. The Kier molecular flexibility index (Phi) is 3.14. The topological polar surface area (TPSA) is 26.3 Å². The zero-order valence-corrected chi connectivity index (χ0v) is 11.7. The average Bonchev–Trinajstić information content (AvgIpc) is 2.52. The van der Waals surface area contributed by atoms with Crippen LogP contribution in [0.3, 0.4) is 0 Å². The average molecular weight is 238 g/mol. The predicted molar refractivity (Wildman–Crippen MR) is 68.9 cm³/mol. The van der Waals surface area contributed by atoms with Gasteiger partial charge in [-0.15, -0.1) is 0 Å². The number of fused-ring (bicyclic) bond motifs is 2. The molecule has 17 heavy (non-hydrogen) atoms. The third kappa shape index (κ3) is 1.85. The summed E-state index contributed by atoms with van der Waals surface area (Å²) in [7, 11) is 0. The minimum Gasteiger partial charge on any atom is -0.361 e. The maximum absolute atomic E-state index is 11.7. The third-order valence-corrected chi connectivity index (χ3v) is 5.32. The molecule has 1 saturated carbocycles. The summed E-state index contributed by atoms with van der Waals surface area (Å²) in [6.07, 6.45) is 7.90. The van der Waals surface area contributed by atoms with E-state index in [2.05, 4.69) is 27.7 Å². The van der Waals surface area contributed by atoms with Crippen LogP contribution in [-0.2, 0) is 9.53 Å². The van der Waals surface area contributed by atoms with E-state index in [0.717, 1.165) is 25.5 Å². The molecule has 0 aromatic rings. The van der Waals surface area contributed by atoms with Gasteiger partial charge in [0.15, 0.2) is 6.29 Å². The lowest BCUT2D eigenvalue weighted by atomic mass is 9.60. The van der Waals surface area contributed by atoms with Gasteiger partial charge in [-0.1, -0.05) is 26.7 Å². The van der Waals surface area contributed by atoms with Crippen molar-refractivity contribution in [2.45, 2.75) is 77.4 Å². The number of ether oxygens (including phenoxy) is 1. The Balaban J connectivity index is 2.28. The van der Waals surface area contributed by atoms with E-state index in [1.165, 1.54) is 19.3 Å². The number of aldehydes is 1. The molecule has 1 heterocycles. The number of unbranched alkanes of at least 4 members (excludes halogenated alkanes) is 1. The van der Waals surface area contributed by atoms with E-state index in [4.69, 9.17) is 4.74 Å². The molecule has 0 radical (unpaired) electrons. The highest BCUT2D eigenvalue weighted by molar-refractivity contribution is 5.66. The zero-order chi connectivity index (χ0) is 12.7. The standard InChI is InChI=1S/C15H26O2/c1-5-6-8-14(4)9-7-12-10-15(14,11-16)17-13(12,2)3/h11-12H,5-10H2,1-4H3/t12?,14-,15?/m0/s1. The Morgan fingerprint density at radius 3 is 2.65 bits per heavy atom. The van der Waals surface area contributed by atoms with E-state index in [9.17, 15) is 4.79 Å². The van der Waals surface area contributed by atoms with E-state index in [1.807, 2.05) is 0 Å². The molecule has 98 valence electrons. The van der Waals surface area contributed by atoms with E-state index in [1.54, 1.807) is 0 Å². The van der Waals surface area contributed by atoms with Crippen molar-refractivity contribution in [1.29, 1.82) is 0 Å². The largest absolute Gasteiger partial charge is 0.361 e. The lowest BCUT2D eigenvalue weighted by Gasteiger charge is -2.45. The maximum atomic E-state index is 11.7. The molecular formula is C15H26O2. The first-order chi connectivity index (χ1) is 7.89. The molecule has 0 amide bonds. The van der Waals surface area contributed by atoms with Crippen molar-refractivity contribution in [1.82, 2.24) is 0 Å². The zero-order valence-electron chi connectivity index (χ0n) is 11.7. The van der Waals surface area contributed by atoms with Crippen LogP contribution in [0.5, 0.6) is 0 Å². The third-order valence-electron chi connectivity index (χ3n) is 5.32. The summed E-state index contributed by atoms with van der Waals surface area (Å²) < 4.78 is 6.25. The first-order valence-corrected chi connectivity index (χ1v) is 7.06. The highest BCUT2D eigenvalue weighted by atomic mass is 16.5. The molecule has 1 saturated heterocycles. The normalized spacial score (nSPS) is 43.6. The fourth-order valence-electron chi connectivity index (χ4n) is 3.85. The molecule has 2 unspecified atom stereocenters. The van der Waals surface area contributed by atoms with Crippen LogP contribution in [0.4, 0.5) is 0 Å². The van der Waals surface area contributed by atoms with Crippen molar-refractivity contribution in [3.8, 4) is 0 Å². The molecule has 1 aliphatic heterocycles. The van der Waals surface area contributed by atoms with Crippen LogP contribution in [0.15, 0.2) is 0 Å². The Morgan fingerprint density at radius 2 is 2.06 bits per heavy atom. The molecular weight excluding hydrogens is 212 g/mol. The summed E-state index contributed by atoms with van der Waals surface area (Å²) in [6, 6.07) is 0. The minimum absolute atomic E-state index is 0.0506. The molecule has 2 bridgehead atoms. The molecule has 2 rings (SSSR count). The molecule has 0 aromatic carbocycles. The van der Waals surface area contributed by atoms with E-state index in [-0.39, 0.29) is 11.0 Å². The number of hydrogen-bond donors (Lipinski definition) is 0. The van der Waals surface area contributed by atoms with Crippen LogP contribution in [0.2, 0.25) is 0 Å². The SMILES string of the molecule is CCCC[C@@]1(C)CCC2CC1(C=O)OC2(C)C. The van der Waals surface area contributed by atoms with Crippen molar-refractivity contribution in [2.75, 3.05) is 0 Å². The van der Waals surface area contributed by atoms with Crippen LogP contribution < -0.4 is 0 Å². The fraction of sp³-hybridized carbons (Fsp3) is 0.933. The lowest BCUT2D eigenvalue weighted by Crippen LogP contribution is -2.49. The van der Waals surface area contributed by atoms with Gasteiger partial charge in [0.05, 0.1) is 5.60 Å². The van der Waals surface area contributed by atoms with Gasteiger partial charge >= 0.3 is 0 Å². The Labute approximate surface area is 105 Å². The Hall–Kier alpha value is -0.370. The van der Waals surface area contributed by atoms with Gasteiger partial charge in [-0.25, -0.2) is 0 Å². The van der Waals surface area contributed by atoms with E-state index >= 15 is 0 Å². The highest BCUT2D eigenvalue weighted by Gasteiger charge is 2.62. The van der Waals surface area contributed by atoms with Crippen LogP contribution in [0.1, 0.15) is 66.2 Å². The Bertz CT molecular complexity index is 310. The number of carbonyl (C=O) groups is 1. The van der Waals surface area contributed by atoms with Crippen molar-refractivity contribution in [3.63, 3.8) is 0 Å². The molecule has 2 nitrogen and oxygen atoms in total. The summed E-state index contributed by atoms with van der Waals surface area (Å²) in [5.74, 6) is 0.558. The monoisotopic (exact) mass is 238 g/mol. The van der Waals surface area contributed by atoms with Crippen molar-refractivity contribution < 1.29 is 9.53 Å². The second-order valence-corrected chi connectivity index (χ2v) is 6.82. The van der Waals surface area contributed by atoms with Crippen LogP contribution in [-0.4, -0.2) is 17.5 Å². The molecule has 0 spiro atoms. The van der Waals surface area contributed by atoms with Crippen molar-refractivity contribution in [3.05, 3.63) is 0 Å². The summed E-state index contributed by atoms with van der Waals surface area (Å²) in [5, 5.41) is 0. The molecule has 2 aliphatic rings. The number of hydrogen-bond acceptors (Lipinski definition) is 2. The van der Waals surface area contributed by atoms with Gasteiger partial charge in [0.25, 0.3) is 0 Å². The van der Waals surface area contributed by atoms with E-state index < -0.39 is 5.60 Å². The Morgan fingerprint density at radius 1 is 1.35 bits per heavy atom. The second kappa shape index (κ2) is 4.08. The maximum Gasteiger partial charge on any atom is 0.152 e. The summed E-state index contributed by atoms with van der Waals surface area (Å²) in [5.41, 5.74) is -0.575. The lowest BCUT2D eigenvalue weighted by molar-refractivity contribution is -0.162. The summed E-state index contributed by atoms with van der Waals surface area (Å²) in [6.45, 7) is 8.76. The molecule has 0 aromatic heterocycles. The highest BCUT2D eigenvalue weighted by Crippen LogP contribution is 2.59. The quantitative estimate of drug-likeness (QED) is 0.698. The predicted octanol–water partition coefficient (Wildman–Crippen LogP) is 3.73. The number of carbonyl (C=O) groups excluding carboxylic acids is 1. The molecule has 2 fully saturated rings. The minimum atomic E-state index is -0.505. The van der Waals surface area contributed by atoms with E-state index in [0.29, 0.717) is 5.92 Å². The molecule has 1 aliphatic carbocycles. The first-order valence-electron chi connectivity index (χ1n) is 7.06. The van der Waals surface area contributed by atoms with Gasteiger partial charge in [0, 0.05) is 5.41 Å². The summed E-state index contributed by atoms with van der Waals surface area (Å²) in [4.78, 5) is 11.7. The van der Waals surface area contributed by atoms with Crippen LogP contribution >= 0.6 is 0 Å². The fourth-order valence-corrected chi connectivity index (χ4v) is 3.85. The van der Waals surface area contributed by atoms with Crippen LogP contribution in [0, 0.1) is 11.3 Å². The first kappa shape index (κ1) is 13.1. The number of rotatable bonds is 4. The molecule has 0 N–H and O–H groups in total. The smallest absolute Gasteiger partial charge is 0.152 e. The van der Waals surface area contributed by atoms with Crippen molar-refractivity contribution in [2.24, 2.45) is 11.3 Å². The van der Waals surface area contributed by atoms with Gasteiger partial charge < -0.3 is 9.53 Å². The van der Waals surface area contributed by atoms with Gasteiger partial charge in [0.2, 0.25) is 0 Å². The van der Waals surface area contributed by atoms with Gasteiger partial charge in [-0.05, 0) is 45.4 Å². The van der Waals surface area contributed by atoms with Gasteiger partial charge in [-0.2, -0.15) is 0 Å². The molecule has 3 atom stereocenters. The van der Waals surface area contributed by atoms with Gasteiger partial charge in [-0.3, -0.25) is 0 Å². The van der Waals surface area contributed by atoms with Crippen LogP contribution in [0.25, 0.3) is 0 Å². The van der Waals surface area contributed by atoms with Crippen molar-refractivity contribution >= 4 is 6.29 Å². The van der Waals surface area contributed by atoms with Gasteiger partial charge in [0.1, 0.15) is 5.60 Å². The summed E-state index contributed by atoms with van der Waals surface area (Å²) >= 11 is 0. The molecule has 2 heteroatoms.